The lowest BCUT2D eigenvalue weighted by atomic mass is 9.88. The third-order valence-electron chi connectivity index (χ3n) is 7.17. The summed E-state index contributed by atoms with van der Waals surface area (Å²) in [5, 5.41) is 0. The molecule has 1 saturated heterocycles. The van der Waals surface area contributed by atoms with E-state index in [4.69, 9.17) is 5.73 Å². The van der Waals surface area contributed by atoms with E-state index in [2.05, 4.69) is 45.0 Å². The van der Waals surface area contributed by atoms with Crippen LogP contribution in [0.3, 0.4) is 0 Å². The molecule has 0 amide bonds. The summed E-state index contributed by atoms with van der Waals surface area (Å²) in [4.78, 5) is 1.83. The second kappa shape index (κ2) is 12.6. The molecule has 1 fully saturated rings. The van der Waals surface area contributed by atoms with Crippen molar-refractivity contribution in [1.82, 2.24) is 0 Å². The maximum absolute atomic E-state index is 14.3. The average Bonchev–Trinajstić information content (AvgIpc) is 2.77. The van der Waals surface area contributed by atoms with Gasteiger partial charge < -0.3 is 10.6 Å². The molecular weight excluding hydrogens is 426 g/mol. The Morgan fingerprint density at radius 1 is 0.853 bits per heavy atom. The zero-order chi connectivity index (χ0) is 24.6. The van der Waals surface area contributed by atoms with E-state index in [-0.39, 0.29) is 11.4 Å². The monoisotopic (exact) mass is 470 g/mol. The molecule has 1 aliphatic rings. The number of halogens is 2. The van der Waals surface area contributed by atoms with Gasteiger partial charge in [-0.2, -0.15) is 0 Å². The number of hydrogen-bond acceptors (Lipinski definition) is 2. The lowest BCUT2D eigenvalue weighted by Crippen LogP contribution is -2.34. The summed E-state index contributed by atoms with van der Waals surface area (Å²) in [6.07, 6.45) is 13.6. The first-order valence-corrected chi connectivity index (χ1v) is 13.3. The molecule has 2 nitrogen and oxygen atoms in total. The summed E-state index contributed by atoms with van der Waals surface area (Å²) < 4.78 is 28.6. The number of benzene rings is 2. The summed E-state index contributed by atoms with van der Waals surface area (Å²) >= 11 is 0. The van der Waals surface area contributed by atoms with Crippen LogP contribution in [0.1, 0.15) is 102 Å². The minimum Gasteiger partial charge on any atom is -0.399 e. The molecule has 3 rings (SSSR count). The van der Waals surface area contributed by atoms with Crippen molar-refractivity contribution in [2.45, 2.75) is 97.3 Å². The summed E-state index contributed by atoms with van der Waals surface area (Å²) in [5.41, 5.74) is 9.01. The van der Waals surface area contributed by atoms with Gasteiger partial charge in [-0.25, -0.2) is 8.78 Å². The first-order chi connectivity index (χ1) is 16.2. The Balaban J connectivity index is 1.38. The Morgan fingerprint density at radius 3 is 2.06 bits per heavy atom. The van der Waals surface area contributed by atoms with Crippen LogP contribution in [-0.2, 0) is 6.42 Å². The maximum Gasteiger partial charge on any atom is 0.151 e. The van der Waals surface area contributed by atoms with E-state index >= 15 is 0 Å². The van der Waals surface area contributed by atoms with Crippen molar-refractivity contribution in [2.24, 2.45) is 5.41 Å². The topological polar surface area (TPSA) is 29.3 Å². The number of nitrogens with zero attached hydrogens (tertiary/aromatic N) is 1. The van der Waals surface area contributed by atoms with Gasteiger partial charge >= 0.3 is 0 Å². The first kappa shape index (κ1) is 26.5. The molecule has 2 aromatic carbocycles. The fourth-order valence-electron chi connectivity index (χ4n) is 5.19. The SMILES string of the molecule is CC(C)(C)CCCCCCCCCc1cccc(C2CCN(c3c(F)cc(N)cc3F)CC2)c1. The highest BCUT2D eigenvalue weighted by molar-refractivity contribution is 5.56. The molecule has 0 saturated carbocycles. The van der Waals surface area contributed by atoms with Gasteiger partial charge in [-0.15, -0.1) is 0 Å². The molecule has 4 heteroatoms. The van der Waals surface area contributed by atoms with Crippen LogP contribution >= 0.6 is 0 Å². The van der Waals surface area contributed by atoms with Crippen LogP contribution < -0.4 is 10.6 Å². The highest BCUT2D eigenvalue weighted by Crippen LogP contribution is 2.34. The molecule has 0 aromatic heterocycles. The maximum atomic E-state index is 14.3. The average molecular weight is 471 g/mol. The predicted molar refractivity (Wildman–Crippen MR) is 141 cm³/mol. The molecule has 0 unspecified atom stereocenters. The molecule has 0 atom stereocenters. The fourth-order valence-corrected chi connectivity index (χ4v) is 5.19. The van der Waals surface area contributed by atoms with Gasteiger partial charge in [0.1, 0.15) is 5.69 Å². The number of hydrogen-bond donors (Lipinski definition) is 1. The molecule has 0 radical (unpaired) electrons. The Bertz CT molecular complexity index is 872. The van der Waals surface area contributed by atoms with Gasteiger partial charge in [0.25, 0.3) is 0 Å². The van der Waals surface area contributed by atoms with Crippen molar-refractivity contribution in [3.8, 4) is 0 Å². The lowest BCUT2D eigenvalue weighted by molar-refractivity contribution is 0.356. The van der Waals surface area contributed by atoms with Crippen molar-refractivity contribution in [3.05, 3.63) is 59.2 Å². The zero-order valence-corrected chi connectivity index (χ0v) is 21.5. The normalized spacial score (nSPS) is 15.1. The summed E-state index contributed by atoms with van der Waals surface area (Å²) in [7, 11) is 0. The third-order valence-corrected chi connectivity index (χ3v) is 7.17. The van der Waals surface area contributed by atoms with Gasteiger partial charge in [0, 0.05) is 18.8 Å². The van der Waals surface area contributed by atoms with E-state index < -0.39 is 11.6 Å². The first-order valence-electron chi connectivity index (χ1n) is 13.3. The number of anilines is 2. The van der Waals surface area contributed by atoms with Crippen LogP contribution in [0, 0.1) is 17.0 Å². The van der Waals surface area contributed by atoms with Crippen molar-refractivity contribution in [3.63, 3.8) is 0 Å². The highest BCUT2D eigenvalue weighted by atomic mass is 19.1. The molecule has 2 N–H and O–H groups in total. The Hall–Kier alpha value is -2.10. The van der Waals surface area contributed by atoms with Gasteiger partial charge in [0.05, 0.1) is 0 Å². The van der Waals surface area contributed by atoms with Crippen LogP contribution in [0.5, 0.6) is 0 Å². The minimum atomic E-state index is -0.567. The lowest BCUT2D eigenvalue weighted by Gasteiger charge is -2.34. The summed E-state index contributed by atoms with van der Waals surface area (Å²) in [6, 6.07) is 11.4. The molecule has 34 heavy (non-hydrogen) atoms. The summed E-state index contributed by atoms with van der Waals surface area (Å²) in [6.45, 7) is 8.29. The number of nitrogens with two attached hydrogens (primary N) is 1. The third kappa shape index (κ3) is 8.29. The standard InChI is InChI=1S/C30H44F2N2/c1-30(2,3)17-10-8-6-4-5-7-9-12-23-13-11-14-25(20-23)24-15-18-34(19-16-24)29-27(31)21-26(33)22-28(29)32/h11,13-14,20-22,24H,4-10,12,15-19,33H2,1-3H3. The molecule has 0 aliphatic carbocycles. The summed E-state index contributed by atoms with van der Waals surface area (Å²) in [5.74, 6) is -0.685. The van der Waals surface area contributed by atoms with Crippen LogP contribution in [0.4, 0.5) is 20.2 Å². The number of rotatable bonds is 11. The van der Waals surface area contributed by atoms with E-state index in [0.29, 0.717) is 24.4 Å². The van der Waals surface area contributed by atoms with Crippen LogP contribution in [0.2, 0.25) is 0 Å². The van der Waals surface area contributed by atoms with E-state index in [0.717, 1.165) is 19.3 Å². The van der Waals surface area contributed by atoms with E-state index in [1.54, 1.807) is 0 Å². The van der Waals surface area contributed by atoms with Crippen molar-refractivity contribution < 1.29 is 8.78 Å². The van der Waals surface area contributed by atoms with Gasteiger partial charge in [-0.1, -0.05) is 83.6 Å². The van der Waals surface area contributed by atoms with Crippen LogP contribution in [0.25, 0.3) is 0 Å². The number of aryl methyl sites for hydroxylation is 1. The van der Waals surface area contributed by atoms with Crippen molar-refractivity contribution >= 4 is 11.4 Å². The largest absolute Gasteiger partial charge is 0.399 e. The molecular formula is C30H44F2N2. The second-order valence-corrected chi connectivity index (χ2v) is 11.4. The Morgan fingerprint density at radius 2 is 1.44 bits per heavy atom. The van der Waals surface area contributed by atoms with E-state index in [1.807, 2.05) is 4.90 Å². The van der Waals surface area contributed by atoms with Gasteiger partial charge in [-0.05, 0) is 66.7 Å². The van der Waals surface area contributed by atoms with Crippen LogP contribution in [-0.4, -0.2) is 13.1 Å². The smallest absolute Gasteiger partial charge is 0.151 e. The molecule has 1 heterocycles. The van der Waals surface area contributed by atoms with Gasteiger partial charge in [0.15, 0.2) is 11.6 Å². The zero-order valence-electron chi connectivity index (χ0n) is 21.5. The molecule has 188 valence electrons. The minimum absolute atomic E-state index is 0.0654. The number of unbranched alkanes of at least 4 members (excludes halogenated alkanes) is 6. The van der Waals surface area contributed by atoms with E-state index in [9.17, 15) is 8.78 Å². The van der Waals surface area contributed by atoms with Crippen LogP contribution in [0.15, 0.2) is 36.4 Å². The Kier molecular flexibility index (Phi) is 9.79. The quantitative estimate of drug-likeness (QED) is 0.263. The molecule has 2 aromatic rings. The predicted octanol–water partition coefficient (Wildman–Crippen LogP) is 8.64. The van der Waals surface area contributed by atoms with E-state index in [1.165, 1.54) is 74.6 Å². The van der Waals surface area contributed by atoms with Crippen molar-refractivity contribution in [2.75, 3.05) is 23.7 Å². The van der Waals surface area contributed by atoms with Crippen molar-refractivity contribution in [1.29, 1.82) is 0 Å². The molecule has 0 bridgehead atoms. The Labute approximate surface area is 205 Å². The molecule has 1 aliphatic heterocycles. The second-order valence-electron chi connectivity index (χ2n) is 11.4. The number of piperidine rings is 1. The highest BCUT2D eigenvalue weighted by Gasteiger charge is 2.25. The van der Waals surface area contributed by atoms with Gasteiger partial charge in [-0.3, -0.25) is 0 Å². The van der Waals surface area contributed by atoms with Gasteiger partial charge in [0.2, 0.25) is 0 Å². The molecule has 0 spiro atoms. The fraction of sp³-hybridized carbons (Fsp3) is 0.600. The number of nitrogen functional groups attached to an aromatic ring is 1.